The lowest BCUT2D eigenvalue weighted by molar-refractivity contribution is -0.121. The first-order valence-electron chi connectivity index (χ1n) is 8.21. The molecule has 0 aromatic heterocycles. The molecule has 2 rings (SSSR count). The summed E-state index contributed by atoms with van der Waals surface area (Å²) in [5, 5.41) is 3.14. The lowest BCUT2D eigenvalue weighted by Crippen LogP contribution is -2.32. The Morgan fingerprint density at radius 1 is 1.18 bits per heavy atom. The van der Waals surface area contributed by atoms with Crippen LogP contribution in [0.1, 0.15) is 56.1 Å². The van der Waals surface area contributed by atoms with Gasteiger partial charge in [0, 0.05) is 18.4 Å². The summed E-state index contributed by atoms with van der Waals surface area (Å²) in [5.41, 5.74) is 8.42. The Morgan fingerprint density at radius 2 is 1.86 bits per heavy atom. The first-order valence-corrected chi connectivity index (χ1v) is 8.21. The van der Waals surface area contributed by atoms with Crippen molar-refractivity contribution in [3.05, 3.63) is 35.4 Å². The van der Waals surface area contributed by atoms with E-state index in [1.165, 1.54) is 24.0 Å². The number of hydrogen-bond acceptors (Lipinski definition) is 2. The highest BCUT2D eigenvalue weighted by Crippen LogP contribution is 2.48. The average Bonchev–Trinajstić information content (AvgIpc) is 3.26. The number of amides is 1. The molecule has 4 heteroatoms. The molecule has 3 N–H and O–H groups in total. The summed E-state index contributed by atoms with van der Waals surface area (Å²) in [5.74, 6) is 0.197. The lowest BCUT2D eigenvalue weighted by atomic mass is 9.92. The molecule has 0 unspecified atom stereocenters. The van der Waals surface area contributed by atoms with Crippen molar-refractivity contribution in [2.24, 2.45) is 5.73 Å². The Balaban J connectivity index is 0.00000242. The van der Waals surface area contributed by atoms with Crippen molar-refractivity contribution in [1.29, 1.82) is 0 Å². The van der Waals surface area contributed by atoms with E-state index in [1.807, 2.05) is 0 Å². The Morgan fingerprint density at radius 3 is 2.50 bits per heavy atom. The number of nitrogens with one attached hydrogen (secondary N) is 1. The number of nitrogens with two attached hydrogens (primary N) is 1. The zero-order valence-corrected chi connectivity index (χ0v) is 14.4. The minimum absolute atomic E-state index is 0. The van der Waals surface area contributed by atoms with Crippen LogP contribution in [0.3, 0.4) is 0 Å². The minimum atomic E-state index is 0. The van der Waals surface area contributed by atoms with E-state index in [4.69, 9.17) is 5.73 Å². The van der Waals surface area contributed by atoms with E-state index in [0.29, 0.717) is 6.42 Å². The van der Waals surface area contributed by atoms with Gasteiger partial charge in [0.25, 0.3) is 0 Å². The molecule has 0 saturated heterocycles. The quantitative estimate of drug-likeness (QED) is 0.683. The number of unbranched alkanes of at least 4 members (excludes halogenated alkanes) is 3. The van der Waals surface area contributed by atoms with Crippen LogP contribution in [0.25, 0.3) is 0 Å². The molecule has 1 aliphatic rings. The number of carbonyl (C=O) groups excluding carboxylic acids is 1. The van der Waals surface area contributed by atoms with E-state index in [1.54, 1.807) is 0 Å². The van der Waals surface area contributed by atoms with Crippen LogP contribution in [0.5, 0.6) is 0 Å². The standard InChI is InChI=1S/C18H28N2O.ClH/c1-15-8-5-6-9-16(15)18(11-12-18)14-20-17(21)10-4-2-3-7-13-19;/h5-6,8-9H,2-4,7,10-14,19H2,1H3,(H,20,21);1H. The normalized spacial score (nSPS) is 15.0. The Kier molecular flexibility index (Phi) is 7.91. The SMILES string of the molecule is Cc1ccccc1C1(CNC(=O)CCCCCCN)CC1.Cl. The number of halogens is 1. The molecule has 22 heavy (non-hydrogen) atoms. The van der Waals surface area contributed by atoms with E-state index < -0.39 is 0 Å². The van der Waals surface area contributed by atoms with Gasteiger partial charge in [-0.2, -0.15) is 0 Å². The third-order valence-electron chi connectivity index (χ3n) is 4.55. The molecule has 0 aliphatic heterocycles. The fourth-order valence-electron chi connectivity index (χ4n) is 3.00. The summed E-state index contributed by atoms with van der Waals surface area (Å²) < 4.78 is 0. The first-order chi connectivity index (χ1) is 10.2. The van der Waals surface area contributed by atoms with E-state index >= 15 is 0 Å². The number of rotatable bonds is 9. The third kappa shape index (κ3) is 5.29. The van der Waals surface area contributed by atoms with Crippen molar-refractivity contribution in [2.75, 3.05) is 13.1 Å². The average molecular weight is 325 g/mol. The van der Waals surface area contributed by atoms with Gasteiger partial charge in [-0.1, -0.05) is 37.1 Å². The highest BCUT2D eigenvalue weighted by Gasteiger charge is 2.44. The van der Waals surface area contributed by atoms with Crippen LogP contribution in [-0.4, -0.2) is 19.0 Å². The summed E-state index contributed by atoms with van der Waals surface area (Å²) in [4.78, 5) is 11.9. The third-order valence-corrected chi connectivity index (χ3v) is 4.55. The molecule has 1 fully saturated rings. The zero-order chi connectivity index (χ0) is 15.1. The van der Waals surface area contributed by atoms with Crippen LogP contribution >= 0.6 is 12.4 Å². The molecule has 0 radical (unpaired) electrons. The van der Waals surface area contributed by atoms with E-state index in [-0.39, 0.29) is 23.7 Å². The van der Waals surface area contributed by atoms with E-state index in [0.717, 1.165) is 38.8 Å². The summed E-state index contributed by atoms with van der Waals surface area (Å²) in [6, 6.07) is 8.55. The van der Waals surface area contributed by atoms with Crippen molar-refractivity contribution in [1.82, 2.24) is 5.32 Å². The van der Waals surface area contributed by atoms with Crippen LogP contribution in [0.2, 0.25) is 0 Å². The topological polar surface area (TPSA) is 55.1 Å². The lowest BCUT2D eigenvalue weighted by Gasteiger charge is -2.19. The summed E-state index contributed by atoms with van der Waals surface area (Å²) in [7, 11) is 0. The Hall–Kier alpha value is -1.06. The molecule has 0 bridgehead atoms. The molecule has 1 saturated carbocycles. The fraction of sp³-hybridized carbons (Fsp3) is 0.611. The van der Waals surface area contributed by atoms with Crippen LogP contribution in [0.15, 0.2) is 24.3 Å². The number of benzene rings is 1. The molecule has 1 aliphatic carbocycles. The highest BCUT2D eigenvalue weighted by molar-refractivity contribution is 5.85. The largest absolute Gasteiger partial charge is 0.355 e. The maximum atomic E-state index is 11.9. The number of hydrogen-bond donors (Lipinski definition) is 2. The second-order valence-corrected chi connectivity index (χ2v) is 6.32. The van der Waals surface area contributed by atoms with Crippen molar-refractivity contribution in [3.63, 3.8) is 0 Å². The van der Waals surface area contributed by atoms with Gasteiger partial charge in [-0.05, 0) is 50.3 Å². The van der Waals surface area contributed by atoms with Gasteiger partial charge in [0.05, 0.1) is 0 Å². The Bertz CT molecular complexity index is 472. The number of carbonyl (C=O) groups is 1. The van der Waals surface area contributed by atoms with Crippen molar-refractivity contribution in [2.45, 2.75) is 57.3 Å². The van der Waals surface area contributed by atoms with Crippen LogP contribution in [0, 0.1) is 6.92 Å². The van der Waals surface area contributed by atoms with Gasteiger partial charge >= 0.3 is 0 Å². The molecule has 0 heterocycles. The molecule has 0 spiro atoms. The second-order valence-electron chi connectivity index (χ2n) is 6.32. The highest BCUT2D eigenvalue weighted by atomic mass is 35.5. The summed E-state index contributed by atoms with van der Waals surface area (Å²) in [6.45, 7) is 3.71. The molecule has 0 atom stereocenters. The fourth-order valence-corrected chi connectivity index (χ4v) is 3.00. The maximum Gasteiger partial charge on any atom is 0.220 e. The molecule has 1 amide bonds. The van der Waals surface area contributed by atoms with Gasteiger partial charge < -0.3 is 11.1 Å². The molecular weight excluding hydrogens is 296 g/mol. The van der Waals surface area contributed by atoms with Crippen molar-refractivity contribution >= 4 is 18.3 Å². The van der Waals surface area contributed by atoms with Gasteiger partial charge in [-0.15, -0.1) is 12.4 Å². The summed E-state index contributed by atoms with van der Waals surface area (Å²) in [6.07, 6.45) is 7.31. The van der Waals surface area contributed by atoms with Crippen LogP contribution in [-0.2, 0) is 10.2 Å². The first kappa shape index (κ1) is 19.0. The van der Waals surface area contributed by atoms with Crippen LogP contribution in [0.4, 0.5) is 0 Å². The zero-order valence-electron chi connectivity index (χ0n) is 13.6. The maximum absolute atomic E-state index is 11.9. The van der Waals surface area contributed by atoms with Gasteiger partial charge in [0.2, 0.25) is 5.91 Å². The molecular formula is C18H29ClN2O. The molecule has 1 aromatic rings. The smallest absolute Gasteiger partial charge is 0.220 e. The van der Waals surface area contributed by atoms with E-state index in [2.05, 4.69) is 36.5 Å². The predicted octanol–water partition coefficient (Wildman–Crippen LogP) is 3.47. The van der Waals surface area contributed by atoms with Crippen LogP contribution < -0.4 is 11.1 Å². The van der Waals surface area contributed by atoms with Gasteiger partial charge in [0.15, 0.2) is 0 Å². The molecule has 1 aromatic carbocycles. The van der Waals surface area contributed by atoms with Crippen molar-refractivity contribution < 1.29 is 4.79 Å². The molecule has 124 valence electrons. The van der Waals surface area contributed by atoms with Gasteiger partial charge in [0.1, 0.15) is 0 Å². The summed E-state index contributed by atoms with van der Waals surface area (Å²) >= 11 is 0. The predicted molar refractivity (Wildman–Crippen MR) is 94.5 cm³/mol. The van der Waals surface area contributed by atoms with E-state index in [9.17, 15) is 4.79 Å². The van der Waals surface area contributed by atoms with Gasteiger partial charge in [-0.3, -0.25) is 4.79 Å². The minimum Gasteiger partial charge on any atom is -0.355 e. The Labute approximate surface area is 140 Å². The molecule has 3 nitrogen and oxygen atoms in total. The number of aryl methyl sites for hydroxylation is 1. The second kappa shape index (κ2) is 9.16. The van der Waals surface area contributed by atoms with Gasteiger partial charge in [-0.25, -0.2) is 0 Å². The monoisotopic (exact) mass is 324 g/mol. The van der Waals surface area contributed by atoms with Crippen molar-refractivity contribution in [3.8, 4) is 0 Å².